The van der Waals surface area contributed by atoms with Crippen LogP contribution in [0.5, 0.6) is 0 Å². The predicted octanol–water partition coefficient (Wildman–Crippen LogP) is 2.60. The molecule has 1 amide bonds. The molecular formula is C17H26N2O. The summed E-state index contributed by atoms with van der Waals surface area (Å²) in [5, 5.41) is 3.13. The highest BCUT2D eigenvalue weighted by molar-refractivity contribution is 5.87. The van der Waals surface area contributed by atoms with E-state index in [2.05, 4.69) is 5.32 Å². The van der Waals surface area contributed by atoms with Crippen LogP contribution in [0.25, 0.3) is 0 Å². The molecule has 2 rings (SSSR count). The normalized spacial score (nSPS) is 23.4. The third kappa shape index (κ3) is 3.60. The Hall–Kier alpha value is -1.35. The van der Waals surface area contributed by atoms with E-state index in [9.17, 15) is 4.79 Å². The second-order valence-corrected chi connectivity index (χ2v) is 6.48. The Kier molecular flexibility index (Phi) is 4.81. The van der Waals surface area contributed by atoms with Crippen LogP contribution in [0.4, 0.5) is 0 Å². The second-order valence-electron chi connectivity index (χ2n) is 6.48. The Morgan fingerprint density at radius 3 is 2.40 bits per heavy atom. The summed E-state index contributed by atoms with van der Waals surface area (Å²) in [7, 11) is 0. The Balaban J connectivity index is 1.88. The van der Waals surface area contributed by atoms with Gasteiger partial charge in [-0.1, -0.05) is 30.3 Å². The lowest BCUT2D eigenvalue weighted by Gasteiger charge is -2.29. The van der Waals surface area contributed by atoms with Gasteiger partial charge < -0.3 is 11.1 Å². The van der Waals surface area contributed by atoms with E-state index in [1.165, 1.54) is 0 Å². The number of nitrogens with one attached hydrogen (secondary N) is 1. The van der Waals surface area contributed by atoms with Crippen molar-refractivity contribution in [3.8, 4) is 0 Å². The van der Waals surface area contributed by atoms with Gasteiger partial charge in [-0.25, -0.2) is 0 Å². The van der Waals surface area contributed by atoms with Gasteiger partial charge in [0.25, 0.3) is 0 Å². The van der Waals surface area contributed by atoms with E-state index in [4.69, 9.17) is 5.73 Å². The van der Waals surface area contributed by atoms with Gasteiger partial charge in [0.05, 0.1) is 5.41 Å². The van der Waals surface area contributed by atoms with Gasteiger partial charge in [0, 0.05) is 12.6 Å². The minimum absolute atomic E-state index is 0.110. The van der Waals surface area contributed by atoms with E-state index in [0.717, 1.165) is 37.8 Å². The summed E-state index contributed by atoms with van der Waals surface area (Å²) >= 11 is 0. The summed E-state index contributed by atoms with van der Waals surface area (Å²) in [6, 6.07) is 10.3. The SMILES string of the molecule is CC(C)(C(=O)NCC1CCC(N)CC1)c1ccccc1. The molecule has 0 bridgehead atoms. The zero-order chi connectivity index (χ0) is 14.6. The maximum Gasteiger partial charge on any atom is 0.230 e. The first-order valence-corrected chi connectivity index (χ1v) is 7.59. The molecule has 0 spiro atoms. The van der Waals surface area contributed by atoms with Crippen molar-refractivity contribution in [2.24, 2.45) is 11.7 Å². The van der Waals surface area contributed by atoms with E-state index in [1.807, 2.05) is 44.2 Å². The Bertz CT molecular complexity index is 434. The summed E-state index contributed by atoms with van der Waals surface area (Å²) in [5.41, 5.74) is 6.49. The minimum Gasteiger partial charge on any atom is -0.355 e. The smallest absolute Gasteiger partial charge is 0.230 e. The molecule has 0 aliphatic heterocycles. The van der Waals surface area contributed by atoms with E-state index < -0.39 is 5.41 Å². The Morgan fingerprint density at radius 2 is 1.80 bits per heavy atom. The Labute approximate surface area is 121 Å². The molecule has 0 atom stereocenters. The summed E-state index contributed by atoms with van der Waals surface area (Å²) in [4.78, 5) is 12.4. The maximum atomic E-state index is 12.4. The second kappa shape index (κ2) is 6.40. The van der Waals surface area contributed by atoms with Gasteiger partial charge in [-0.3, -0.25) is 4.79 Å². The number of benzene rings is 1. The van der Waals surface area contributed by atoms with Crippen LogP contribution in [0.15, 0.2) is 30.3 Å². The van der Waals surface area contributed by atoms with Crippen LogP contribution in [0, 0.1) is 5.92 Å². The van der Waals surface area contributed by atoms with Crippen molar-refractivity contribution in [1.29, 1.82) is 0 Å². The maximum absolute atomic E-state index is 12.4. The molecule has 1 aromatic rings. The minimum atomic E-state index is -0.480. The molecule has 1 aromatic carbocycles. The first-order valence-electron chi connectivity index (χ1n) is 7.59. The molecule has 3 nitrogen and oxygen atoms in total. The lowest BCUT2D eigenvalue weighted by molar-refractivity contribution is -0.125. The number of carbonyl (C=O) groups excluding carboxylic acids is 1. The number of carbonyl (C=O) groups is 1. The lowest BCUT2D eigenvalue weighted by Crippen LogP contribution is -2.43. The van der Waals surface area contributed by atoms with Crippen molar-refractivity contribution in [3.63, 3.8) is 0 Å². The van der Waals surface area contributed by atoms with E-state index in [0.29, 0.717) is 12.0 Å². The molecule has 1 saturated carbocycles. The number of hydrogen-bond acceptors (Lipinski definition) is 2. The largest absolute Gasteiger partial charge is 0.355 e. The van der Waals surface area contributed by atoms with Crippen LogP contribution in [0.1, 0.15) is 45.1 Å². The average molecular weight is 274 g/mol. The molecule has 1 aliphatic carbocycles. The van der Waals surface area contributed by atoms with E-state index in [1.54, 1.807) is 0 Å². The van der Waals surface area contributed by atoms with Crippen molar-refractivity contribution in [2.75, 3.05) is 6.54 Å². The molecule has 3 N–H and O–H groups in total. The van der Waals surface area contributed by atoms with Crippen molar-refractivity contribution in [1.82, 2.24) is 5.32 Å². The van der Waals surface area contributed by atoms with Crippen LogP contribution in [-0.2, 0) is 10.2 Å². The predicted molar refractivity (Wildman–Crippen MR) is 82.4 cm³/mol. The monoisotopic (exact) mass is 274 g/mol. The van der Waals surface area contributed by atoms with Crippen molar-refractivity contribution >= 4 is 5.91 Å². The first kappa shape index (κ1) is 15.0. The van der Waals surface area contributed by atoms with Crippen molar-refractivity contribution in [2.45, 2.75) is 51.0 Å². The fourth-order valence-electron chi connectivity index (χ4n) is 2.84. The van der Waals surface area contributed by atoms with E-state index in [-0.39, 0.29) is 5.91 Å². The van der Waals surface area contributed by atoms with Crippen molar-refractivity contribution in [3.05, 3.63) is 35.9 Å². The van der Waals surface area contributed by atoms with Gasteiger partial charge in [-0.2, -0.15) is 0 Å². The number of rotatable bonds is 4. The molecule has 1 aliphatic rings. The fourth-order valence-corrected chi connectivity index (χ4v) is 2.84. The standard InChI is InChI=1S/C17H26N2O/c1-17(2,14-6-4-3-5-7-14)16(20)19-12-13-8-10-15(18)11-9-13/h3-7,13,15H,8-12,18H2,1-2H3,(H,19,20). The number of nitrogens with two attached hydrogens (primary N) is 1. The van der Waals surface area contributed by atoms with Crippen LogP contribution in [0.3, 0.4) is 0 Å². The average Bonchev–Trinajstić information content (AvgIpc) is 2.47. The van der Waals surface area contributed by atoms with Gasteiger partial charge in [0.1, 0.15) is 0 Å². The lowest BCUT2D eigenvalue weighted by atomic mass is 9.83. The highest BCUT2D eigenvalue weighted by Crippen LogP contribution is 2.25. The van der Waals surface area contributed by atoms with Crippen molar-refractivity contribution < 1.29 is 4.79 Å². The van der Waals surface area contributed by atoms with Crippen LogP contribution in [-0.4, -0.2) is 18.5 Å². The van der Waals surface area contributed by atoms with Gasteiger partial charge in [-0.05, 0) is 51.0 Å². The van der Waals surface area contributed by atoms with Gasteiger partial charge in [-0.15, -0.1) is 0 Å². The fraction of sp³-hybridized carbons (Fsp3) is 0.588. The molecule has 110 valence electrons. The third-order valence-electron chi connectivity index (χ3n) is 4.51. The first-order chi connectivity index (χ1) is 9.50. The molecule has 0 radical (unpaired) electrons. The molecule has 3 heteroatoms. The molecule has 0 aromatic heterocycles. The number of amides is 1. The van der Waals surface area contributed by atoms with Crippen LogP contribution < -0.4 is 11.1 Å². The molecule has 0 saturated heterocycles. The van der Waals surface area contributed by atoms with Gasteiger partial charge in [0.15, 0.2) is 0 Å². The highest BCUT2D eigenvalue weighted by Gasteiger charge is 2.30. The quantitative estimate of drug-likeness (QED) is 0.886. The van der Waals surface area contributed by atoms with Gasteiger partial charge >= 0.3 is 0 Å². The summed E-state index contributed by atoms with van der Waals surface area (Å²) in [6.45, 7) is 4.74. The molecule has 20 heavy (non-hydrogen) atoms. The third-order valence-corrected chi connectivity index (χ3v) is 4.51. The summed E-state index contributed by atoms with van der Waals surface area (Å²) < 4.78 is 0. The van der Waals surface area contributed by atoms with Crippen LogP contribution in [0.2, 0.25) is 0 Å². The zero-order valence-electron chi connectivity index (χ0n) is 12.6. The van der Waals surface area contributed by atoms with Gasteiger partial charge in [0.2, 0.25) is 5.91 Å². The number of hydrogen-bond donors (Lipinski definition) is 2. The zero-order valence-corrected chi connectivity index (χ0v) is 12.6. The highest BCUT2D eigenvalue weighted by atomic mass is 16.2. The summed E-state index contributed by atoms with van der Waals surface area (Å²) in [6.07, 6.45) is 4.44. The van der Waals surface area contributed by atoms with E-state index >= 15 is 0 Å². The van der Waals surface area contributed by atoms with Crippen LogP contribution >= 0.6 is 0 Å². The molecule has 0 unspecified atom stereocenters. The summed E-state index contributed by atoms with van der Waals surface area (Å²) in [5.74, 6) is 0.698. The Morgan fingerprint density at radius 1 is 1.20 bits per heavy atom. The molecule has 1 fully saturated rings. The molecular weight excluding hydrogens is 248 g/mol. The molecule has 0 heterocycles. The topological polar surface area (TPSA) is 55.1 Å².